The van der Waals surface area contributed by atoms with Gasteiger partial charge in [0.05, 0.1) is 12.7 Å². The lowest BCUT2D eigenvalue weighted by atomic mass is 10.2. The van der Waals surface area contributed by atoms with Gasteiger partial charge in [0.1, 0.15) is 5.82 Å². The maximum Gasteiger partial charge on any atom is 0.123 e. The molecule has 21 heavy (non-hydrogen) atoms. The van der Waals surface area contributed by atoms with Gasteiger partial charge in [0, 0.05) is 37.4 Å². The van der Waals surface area contributed by atoms with E-state index in [2.05, 4.69) is 21.5 Å². The molecule has 2 aromatic rings. The summed E-state index contributed by atoms with van der Waals surface area (Å²) in [7, 11) is 2.02. The smallest absolute Gasteiger partial charge is 0.123 e. The number of hydrogen-bond donors (Lipinski definition) is 1. The van der Waals surface area contributed by atoms with E-state index in [0.29, 0.717) is 12.6 Å². The van der Waals surface area contributed by atoms with Crippen molar-refractivity contribution >= 4 is 0 Å². The SMILES string of the molecule is CNC1CCN(Cc2cnn(Cc3ccc(F)cc3)c2)C1. The minimum atomic E-state index is -0.201. The van der Waals surface area contributed by atoms with Crippen LogP contribution in [0, 0.1) is 5.82 Å². The van der Waals surface area contributed by atoms with Gasteiger partial charge in [-0.15, -0.1) is 0 Å². The lowest BCUT2D eigenvalue weighted by Gasteiger charge is -2.14. The Hall–Kier alpha value is -1.72. The molecule has 1 aliphatic heterocycles. The summed E-state index contributed by atoms with van der Waals surface area (Å²) in [6.07, 6.45) is 5.21. The highest BCUT2D eigenvalue weighted by molar-refractivity contribution is 5.17. The van der Waals surface area contributed by atoms with Crippen LogP contribution >= 0.6 is 0 Å². The molecule has 0 aliphatic carbocycles. The predicted octanol–water partition coefficient (Wildman–Crippen LogP) is 1.86. The molecule has 0 spiro atoms. The fraction of sp³-hybridized carbons (Fsp3) is 0.438. The van der Waals surface area contributed by atoms with E-state index in [0.717, 1.165) is 25.2 Å². The van der Waals surface area contributed by atoms with Crippen LogP contribution in [0.3, 0.4) is 0 Å². The fourth-order valence-corrected chi connectivity index (χ4v) is 2.82. The van der Waals surface area contributed by atoms with E-state index in [1.54, 1.807) is 12.1 Å². The highest BCUT2D eigenvalue weighted by Gasteiger charge is 2.20. The molecule has 2 heterocycles. The molecule has 112 valence electrons. The van der Waals surface area contributed by atoms with Crippen LogP contribution < -0.4 is 5.32 Å². The molecule has 0 bridgehead atoms. The molecule has 5 heteroatoms. The van der Waals surface area contributed by atoms with Gasteiger partial charge in [-0.1, -0.05) is 12.1 Å². The number of aromatic nitrogens is 2. The first kappa shape index (κ1) is 14.2. The highest BCUT2D eigenvalue weighted by Crippen LogP contribution is 2.13. The average molecular weight is 288 g/mol. The lowest BCUT2D eigenvalue weighted by Crippen LogP contribution is -2.29. The highest BCUT2D eigenvalue weighted by atomic mass is 19.1. The second-order valence-electron chi connectivity index (χ2n) is 5.68. The van der Waals surface area contributed by atoms with Crippen LogP contribution in [-0.4, -0.2) is 40.9 Å². The van der Waals surface area contributed by atoms with Crippen molar-refractivity contribution in [2.75, 3.05) is 20.1 Å². The van der Waals surface area contributed by atoms with E-state index in [9.17, 15) is 4.39 Å². The molecule has 3 rings (SSSR count). The van der Waals surface area contributed by atoms with Gasteiger partial charge < -0.3 is 5.32 Å². The van der Waals surface area contributed by atoms with Crippen molar-refractivity contribution in [1.29, 1.82) is 0 Å². The number of rotatable bonds is 5. The molecule has 1 N–H and O–H groups in total. The van der Waals surface area contributed by atoms with Crippen LogP contribution in [0.15, 0.2) is 36.7 Å². The third-order valence-electron chi connectivity index (χ3n) is 4.03. The van der Waals surface area contributed by atoms with Crippen molar-refractivity contribution in [1.82, 2.24) is 20.0 Å². The van der Waals surface area contributed by atoms with E-state index in [-0.39, 0.29) is 5.82 Å². The second-order valence-corrected chi connectivity index (χ2v) is 5.68. The number of nitrogens with one attached hydrogen (secondary N) is 1. The van der Waals surface area contributed by atoms with Crippen molar-refractivity contribution < 1.29 is 4.39 Å². The summed E-state index contributed by atoms with van der Waals surface area (Å²) in [4.78, 5) is 2.44. The molecular weight excluding hydrogens is 267 g/mol. The summed E-state index contributed by atoms with van der Waals surface area (Å²) >= 11 is 0. The van der Waals surface area contributed by atoms with E-state index in [4.69, 9.17) is 0 Å². The Morgan fingerprint density at radius 1 is 1.24 bits per heavy atom. The van der Waals surface area contributed by atoms with Gasteiger partial charge in [0.2, 0.25) is 0 Å². The van der Waals surface area contributed by atoms with Crippen LogP contribution in [-0.2, 0) is 13.1 Å². The lowest BCUT2D eigenvalue weighted by molar-refractivity contribution is 0.322. The first-order valence-electron chi connectivity index (χ1n) is 7.38. The Morgan fingerprint density at radius 2 is 2.05 bits per heavy atom. The minimum Gasteiger partial charge on any atom is -0.316 e. The second kappa shape index (κ2) is 6.37. The van der Waals surface area contributed by atoms with Gasteiger partial charge in [-0.3, -0.25) is 9.58 Å². The number of likely N-dealkylation sites (N-methyl/N-ethyl adjacent to an activating group) is 1. The monoisotopic (exact) mass is 288 g/mol. The van der Waals surface area contributed by atoms with Crippen molar-refractivity contribution in [2.45, 2.75) is 25.6 Å². The summed E-state index contributed by atoms with van der Waals surface area (Å²) < 4.78 is 14.8. The predicted molar refractivity (Wildman–Crippen MR) is 80.5 cm³/mol. The Bertz CT molecular complexity index is 578. The zero-order valence-electron chi connectivity index (χ0n) is 12.3. The summed E-state index contributed by atoms with van der Waals surface area (Å²) in [5.74, 6) is -0.201. The molecule has 0 amide bonds. The molecule has 1 aliphatic rings. The molecular formula is C16H21FN4. The quantitative estimate of drug-likeness (QED) is 0.912. The normalized spacial score (nSPS) is 19.2. The number of likely N-dealkylation sites (tertiary alicyclic amines) is 1. The van der Waals surface area contributed by atoms with Gasteiger partial charge in [0.25, 0.3) is 0 Å². The van der Waals surface area contributed by atoms with Crippen LogP contribution in [0.2, 0.25) is 0 Å². The van der Waals surface area contributed by atoms with Gasteiger partial charge in [-0.2, -0.15) is 5.10 Å². The maximum atomic E-state index is 12.9. The first-order chi connectivity index (χ1) is 10.2. The van der Waals surface area contributed by atoms with Crippen molar-refractivity contribution in [3.05, 3.63) is 53.6 Å². The number of hydrogen-bond acceptors (Lipinski definition) is 3. The van der Waals surface area contributed by atoms with E-state index >= 15 is 0 Å². The fourth-order valence-electron chi connectivity index (χ4n) is 2.82. The van der Waals surface area contributed by atoms with Crippen LogP contribution in [0.1, 0.15) is 17.5 Å². The van der Waals surface area contributed by atoms with Crippen LogP contribution in [0.25, 0.3) is 0 Å². The Kier molecular flexibility index (Phi) is 4.31. The standard InChI is InChI=1S/C16H21FN4/c1-18-16-6-7-20(12-16)9-14-8-19-21(11-14)10-13-2-4-15(17)5-3-13/h2-5,8,11,16,18H,6-7,9-10,12H2,1H3. The molecule has 0 radical (unpaired) electrons. The largest absolute Gasteiger partial charge is 0.316 e. The first-order valence-corrected chi connectivity index (χ1v) is 7.38. The third-order valence-corrected chi connectivity index (χ3v) is 4.03. The number of halogens is 1. The summed E-state index contributed by atoms with van der Waals surface area (Å²) in [6, 6.07) is 7.19. The van der Waals surface area contributed by atoms with Crippen molar-refractivity contribution in [2.24, 2.45) is 0 Å². The van der Waals surface area contributed by atoms with Crippen molar-refractivity contribution in [3.8, 4) is 0 Å². The molecule has 1 aromatic heterocycles. The van der Waals surface area contributed by atoms with Gasteiger partial charge >= 0.3 is 0 Å². The van der Waals surface area contributed by atoms with Gasteiger partial charge in [-0.25, -0.2) is 4.39 Å². The molecule has 0 saturated carbocycles. The molecule has 1 unspecified atom stereocenters. The molecule has 1 saturated heterocycles. The zero-order valence-corrected chi connectivity index (χ0v) is 12.3. The van der Waals surface area contributed by atoms with Gasteiger partial charge in [0.15, 0.2) is 0 Å². The van der Waals surface area contributed by atoms with E-state index < -0.39 is 0 Å². The number of nitrogens with zero attached hydrogens (tertiary/aromatic N) is 3. The molecule has 1 atom stereocenters. The maximum absolute atomic E-state index is 12.9. The summed E-state index contributed by atoms with van der Waals surface area (Å²) in [5, 5.41) is 7.72. The van der Waals surface area contributed by atoms with Crippen LogP contribution in [0.5, 0.6) is 0 Å². The summed E-state index contributed by atoms with van der Waals surface area (Å²) in [6.45, 7) is 3.86. The molecule has 1 fully saturated rings. The van der Waals surface area contributed by atoms with E-state index in [1.165, 1.54) is 24.1 Å². The average Bonchev–Trinajstić information content (AvgIpc) is 3.11. The van der Waals surface area contributed by atoms with Crippen LogP contribution in [0.4, 0.5) is 4.39 Å². The number of benzene rings is 1. The molecule has 1 aromatic carbocycles. The third kappa shape index (κ3) is 3.68. The van der Waals surface area contributed by atoms with Gasteiger partial charge in [-0.05, 0) is 31.2 Å². The zero-order chi connectivity index (χ0) is 14.7. The van der Waals surface area contributed by atoms with E-state index in [1.807, 2.05) is 17.9 Å². The Labute approximate surface area is 124 Å². The van der Waals surface area contributed by atoms with Crippen molar-refractivity contribution in [3.63, 3.8) is 0 Å². The summed E-state index contributed by atoms with van der Waals surface area (Å²) in [5.41, 5.74) is 2.29. The minimum absolute atomic E-state index is 0.201. The topological polar surface area (TPSA) is 33.1 Å². The molecule has 4 nitrogen and oxygen atoms in total. The Balaban J connectivity index is 1.57. The Morgan fingerprint density at radius 3 is 2.76 bits per heavy atom.